The minimum atomic E-state index is 0.299. The molecule has 18 heavy (non-hydrogen) atoms. The molecule has 104 valence electrons. The van der Waals surface area contributed by atoms with Gasteiger partial charge in [0.2, 0.25) is 0 Å². The highest BCUT2D eigenvalue weighted by Gasteiger charge is 2.44. The van der Waals surface area contributed by atoms with Crippen LogP contribution in [0.25, 0.3) is 0 Å². The first-order valence-electron chi connectivity index (χ1n) is 8.10. The second-order valence-corrected chi connectivity index (χ2v) is 6.50. The molecule has 0 saturated carbocycles. The van der Waals surface area contributed by atoms with Crippen LogP contribution in [0.2, 0.25) is 0 Å². The lowest BCUT2D eigenvalue weighted by Gasteiger charge is -2.16. The van der Waals surface area contributed by atoms with E-state index in [4.69, 9.17) is 4.74 Å². The number of allylic oxidation sites excluding steroid dienone is 2. The third-order valence-electron chi connectivity index (χ3n) is 4.48. The number of hydrogen-bond donors (Lipinski definition) is 0. The van der Waals surface area contributed by atoms with E-state index in [-0.39, 0.29) is 0 Å². The summed E-state index contributed by atoms with van der Waals surface area (Å²) in [4.78, 5) is 0. The molecular formula is C17H30O. The van der Waals surface area contributed by atoms with Gasteiger partial charge in [-0.1, -0.05) is 57.6 Å². The molecule has 2 unspecified atom stereocenters. The molecule has 0 aromatic heterocycles. The predicted octanol–water partition coefficient (Wildman–Crippen LogP) is 5.25. The van der Waals surface area contributed by atoms with E-state index >= 15 is 0 Å². The van der Waals surface area contributed by atoms with Gasteiger partial charge >= 0.3 is 0 Å². The Labute approximate surface area is 113 Å². The van der Waals surface area contributed by atoms with Gasteiger partial charge < -0.3 is 4.74 Å². The number of hydrogen-bond acceptors (Lipinski definition) is 1. The van der Waals surface area contributed by atoms with Gasteiger partial charge in [0.15, 0.2) is 0 Å². The molecule has 1 heteroatoms. The molecule has 1 nitrogen and oxygen atoms in total. The van der Waals surface area contributed by atoms with Crippen LogP contribution < -0.4 is 0 Å². The van der Waals surface area contributed by atoms with Gasteiger partial charge in [0.25, 0.3) is 0 Å². The fourth-order valence-corrected chi connectivity index (χ4v) is 3.22. The summed E-state index contributed by atoms with van der Waals surface area (Å²) in [6.07, 6.45) is 19.8. The van der Waals surface area contributed by atoms with Crippen LogP contribution in [-0.4, -0.2) is 12.2 Å². The smallest absolute Gasteiger partial charge is 0.0919 e. The Balaban J connectivity index is 1.78. The lowest BCUT2D eigenvalue weighted by Crippen LogP contribution is -2.15. The molecular weight excluding hydrogens is 220 g/mol. The van der Waals surface area contributed by atoms with E-state index in [1.165, 1.54) is 70.6 Å². The Hall–Kier alpha value is -0.300. The normalized spacial score (nSPS) is 37.7. The van der Waals surface area contributed by atoms with Crippen molar-refractivity contribution >= 4 is 0 Å². The van der Waals surface area contributed by atoms with Crippen molar-refractivity contribution in [3.63, 3.8) is 0 Å². The SMILES string of the molecule is CC1C/C=C\CCCCCCCCCC2(CO2)C1. The Morgan fingerprint density at radius 3 is 2.33 bits per heavy atom. The van der Waals surface area contributed by atoms with Crippen LogP contribution in [0.1, 0.15) is 77.6 Å². The first kappa shape index (κ1) is 14.1. The summed E-state index contributed by atoms with van der Waals surface area (Å²) in [6.45, 7) is 3.41. The molecule has 1 spiro atoms. The largest absolute Gasteiger partial charge is 0.370 e. The number of rotatable bonds is 0. The minimum Gasteiger partial charge on any atom is -0.370 e. The summed E-state index contributed by atoms with van der Waals surface area (Å²) >= 11 is 0. The van der Waals surface area contributed by atoms with Crippen molar-refractivity contribution in [3.8, 4) is 0 Å². The van der Waals surface area contributed by atoms with Gasteiger partial charge in [-0.15, -0.1) is 0 Å². The van der Waals surface area contributed by atoms with Gasteiger partial charge in [-0.05, 0) is 38.0 Å². The van der Waals surface area contributed by atoms with E-state index in [2.05, 4.69) is 19.1 Å². The maximum atomic E-state index is 5.77. The Morgan fingerprint density at radius 1 is 0.944 bits per heavy atom. The van der Waals surface area contributed by atoms with Gasteiger partial charge in [-0.25, -0.2) is 0 Å². The molecule has 1 aliphatic carbocycles. The molecule has 0 aromatic carbocycles. The molecule has 0 radical (unpaired) electrons. The molecule has 0 bridgehead atoms. The van der Waals surface area contributed by atoms with Crippen LogP contribution >= 0.6 is 0 Å². The van der Waals surface area contributed by atoms with Crippen LogP contribution in [0.15, 0.2) is 12.2 Å². The first-order valence-corrected chi connectivity index (χ1v) is 8.10. The zero-order valence-electron chi connectivity index (χ0n) is 12.1. The van der Waals surface area contributed by atoms with E-state index in [9.17, 15) is 0 Å². The van der Waals surface area contributed by atoms with E-state index in [1.807, 2.05) is 0 Å². The Bertz CT molecular complexity index is 252. The standard InChI is InChI=1S/C17H30O/c1-16-12-10-8-6-4-2-3-5-7-9-11-13-17(14-16)15-18-17/h8,10,16H,2-7,9,11-15H2,1H3/b10-8-. The molecule has 2 rings (SSSR count). The molecule has 0 aromatic rings. The fourth-order valence-electron chi connectivity index (χ4n) is 3.22. The van der Waals surface area contributed by atoms with Crippen molar-refractivity contribution in [2.75, 3.05) is 6.61 Å². The molecule has 2 aliphatic rings. The summed E-state index contributed by atoms with van der Waals surface area (Å²) in [5.74, 6) is 0.786. The van der Waals surface area contributed by atoms with Crippen molar-refractivity contribution in [2.45, 2.75) is 83.2 Å². The molecule has 1 fully saturated rings. The van der Waals surface area contributed by atoms with Gasteiger partial charge in [-0.2, -0.15) is 0 Å². The van der Waals surface area contributed by atoms with E-state index in [1.54, 1.807) is 0 Å². The maximum absolute atomic E-state index is 5.77. The van der Waals surface area contributed by atoms with Gasteiger partial charge in [0.1, 0.15) is 0 Å². The number of epoxide rings is 1. The topological polar surface area (TPSA) is 12.5 Å². The van der Waals surface area contributed by atoms with Crippen LogP contribution in [0.3, 0.4) is 0 Å². The van der Waals surface area contributed by atoms with Crippen molar-refractivity contribution in [1.82, 2.24) is 0 Å². The summed E-state index contributed by atoms with van der Waals surface area (Å²) in [5.41, 5.74) is 0.299. The van der Waals surface area contributed by atoms with Gasteiger partial charge in [0, 0.05) is 0 Å². The monoisotopic (exact) mass is 250 g/mol. The predicted molar refractivity (Wildman–Crippen MR) is 77.8 cm³/mol. The van der Waals surface area contributed by atoms with Gasteiger partial charge in [-0.3, -0.25) is 0 Å². The molecule has 0 amide bonds. The third-order valence-corrected chi connectivity index (χ3v) is 4.48. The lowest BCUT2D eigenvalue weighted by atomic mass is 9.89. The lowest BCUT2D eigenvalue weighted by molar-refractivity contribution is 0.239. The van der Waals surface area contributed by atoms with Crippen LogP contribution in [0.4, 0.5) is 0 Å². The summed E-state index contributed by atoms with van der Waals surface area (Å²) in [5, 5.41) is 0. The van der Waals surface area contributed by atoms with Crippen molar-refractivity contribution in [2.24, 2.45) is 5.92 Å². The minimum absolute atomic E-state index is 0.299. The highest BCUT2D eigenvalue weighted by Crippen LogP contribution is 2.39. The second kappa shape index (κ2) is 7.33. The van der Waals surface area contributed by atoms with Gasteiger partial charge in [0.05, 0.1) is 12.2 Å². The Morgan fingerprint density at radius 2 is 1.61 bits per heavy atom. The molecule has 1 aliphatic heterocycles. The molecule has 1 saturated heterocycles. The average Bonchev–Trinajstić information content (AvgIpc) is 3.10. The average molecular weight is 250 g/mol. The highest BCUT2D eigenvalue weighted by molar-refractivity contribution is 4.95. The summed E-state index contributed by atoms with van der Waals surface area (Å²) in [6, 6.07) is 0. The quantitative estimate of drug-likeness (QED) is 0.422. The van der Waals surface area contributed by atoms with E-state index in [0.29, 0.717) is 5.60 Å². The van der Waals surface area contributed by atoms with Crippen LogP contribution in [0, 0.1) is 5.92 Å². The van der Waals surface area contributed by atoms with E-state index < -0.39 is 0 Å². The fraction of sp³-hybridized carbons (Fsp3) is 0.882. The second-order valence-electron chi connectivity index (χ2n) is 6.50. The molecule has 1 heterocycles. The maximum Gasteiger partial charge on any atom is 0.0919 e. The van der Waals surface area contributed by atoms with Crippen LogP contribution in [0.5, 0.6) is 0 Å². The summed E-state index contributed by atoms with van der Waals surface area (Å²) < 4.78 is 5.77. The van der Waals surface area contributed by atoms with Crippen molar-refractivity contribution in [3.05, 3.63) is 12.2 Å². The Kier molecular flexibility index (Phi) is 5.75. The van der Waals surface area contributed by atoms with E-state index in [0.717, 1.165) is 12.5 Å². The summed E-state index contributed by atoms with van der Waals surface area (Å²) in [7, 11) is 0. The number of ether oxygens (including phenoxy) is 1. The zero-order valence-corrected chi connectivity index (χ0v) is 12.1. The zero-order chi connectivity index (χ0) is 12.7. The molecule has 0 N–H and O–H groups in total. The first-order chi connectivity index (χ1) is 8.81. The highest BCUT2D eigenvalue weighted by atomic mass is 16.6. The molecule has 2 atom stereocenters. The third kappa shape index (κ3) is 5.14. The van der Waals surface area contributed by atoms with Crippen molar-refractivity contribution in [1.29, 1.82) is 0 Å². The van der Waals surface area contributed by atoms with Crippen LogP contribution in [-0.2, 0) is 4.74 Å². The van der Waals surface area contributed by atoms with Crippen molar-refractivity contribution < 1.29 is 4.74 Å².